The Morgan fingerprint density at radius 3 is 2.09 bits per heavy atom. The molecule has 1 saturated heterocycles. The van der Waals surface area contributed by atoms with Crippen molar-refractivity contribution >= 4 is 17.8 Å². The number of imide groups is 1. The summed E-state index contributed by atoms with van der Waals surface area (Å²) in [6, 6.07) is 7.36. The number of amides is 4. The van der Waals surface area contributed by atoms with Gasteiger partial charge in [0.1, 0.15) is 12.1 Å². The maximum atomic E-state index is 13.3. The molecule has 0 spiro atoms. The molecule has 4 aliphatic carbocycles. The fourth-order valence-electron chi connectivity index (χ4n) is 7.63. The lowest BCUT2D eigenvalue weighted by Crippen LogP contribution is -2.57. The minimum Gasteiger partial charge on any atom is -0.352 e. The predicted octanol–water partition coefficient (Wildman–Crippen LogP) is 4.47. The van der Waals surface area contributed by atoms with Crippen LogP contribution in [0.3, 0.4) is 0 Å². The highest BCUT2D eigenvalue weighted by Gasteiger charge is 2.54. The molecule has 5 aliphatic rings. The molecule has 6 nitrogen and oxygen atoms in total. The van der Waals surface area contributed by atoms with Crippen molar-refractivity contribution in [1.29, 1.82) is 0 Å². The summed E-state index contributed by atoms with van der Waals surface area (Å²) in [6.45, 7) is 10.0. The van der Waals surface area contributed by atoms with Crippen LogP contribution in [0.4, 0.5) is 4.79 Å². The van der Waals surface area contributed by atoms with Crippen molar-refractivity contribution in [2.75, 3.05) is 6.54 Å². The molecule has 184 valence electrons. The van der Waals surface area contributed by atoms with E-state index in [1.807, 2.05) is 24.3 Å². The number of hydrogen-bond donors (Lipinski definition) is 2. The standard InChI is InChI=1S/C28H39N3O3/c1-17(28-13-18-10-19(14-28)12-20(11-18)15-28)29-23(32)16-31-24(33)27(5,30-25(31)34)22-8-6-21(7-9-22)26(2,3)4/h6-9,17-20H,10-16H2,1-5H3,(H,29,32)(H,30,34)/t17-,18?,19?,20?,27-,28?/m1/s1. The number of rotatable bonds is 5. The zero-order chi connectivity index (χ0) is 24.5. The predicted molar refractivity (Wildman–Crippen MR) is 131 cm³/mol. The lowest BCUT2D eigenvalue weighted by Gasteiger charge is -2.59. The third-order valence-corrected chi connectivity index (χ3v) is 9.29. The molecule has 34 heavy (non-hydrogen) atoms. The Bertz CT molecular complexity index is 973. The molecular weight excluding hydrogens is 426 g/mol. The Balaban J connectivity index is 1.25. The summed E-state index contributed by atoms with van der Waals surface area (Å²) in [5.41, 5.74) is 0.903. The molecule has 0 aromatic heterocycles. The topological polar surface area (TPSA) is 78.5 Å². The SMILES string of the molecule is C[C@@H](NC(=O)CN1C(=O)N[C@](C)(c2ccc(C(C)(C)C)cc2)C1=O)C12CC3CC(CC(C3)C1)C2. The Hall–Kier alpha value is -2.37. The van der Waals surface area contributed by atoms with Gasteiger partial charge in [-0.15, -0.1) is 0 Å². The first-order chi connectivity index (χ1) is 15.9. The van der Waals surface area contributed by atoms with Gasteiger partial charge < -0.3 is 10.6 Å². The Morgan fingerprint density at radius 2 is 1.59 bits per heavy atom. The van der Waals surface area contributed by atoms with Crippen LogP contribution in [0.1, 0.15) is 84.3 Å². The molecular formula is C28H39N3O3. The Kier molecular flexibility index (Phi) is 5.38. The van der Waals surface area contributed by atoms with Gasteiger partial charge in [0.25, 0.3) is 5.91 Å². The molecule has 0 unspecified atom stereocenters. The molecule has 6 rings (SSSR count). The molecule has 0 radical (unpaired) electrons. The number of carbonyl (C=O) groups excluding carboxylic acids is 3. The van der Waals surface area contributed by atoms with Crippen LogP contribution in [0.15, 0.2) is 24.3 Å². The average Bonchev–Trinajstić information content (AvgIpc) is 2.96. The van der Waals surface area contributed by atoms with Crippen LogP contribution in [-0.2, 0) is 20.5 Å². The minimum absolute atomic E-state index is 0.000119. The zero-order valence-electron chi connectivity index (χ0n) is 21.2. The fraction of sp³-hybridized carbons (Fsp3) is 0.679. The van der Waals surface area contributed by atoms with Gasteiger partial charge in [-0.3, -0.25) is 14.5 Å². The minimum atomic E-state index is -1.17. The summed E-state index contributed by atoms with van der Waals surface area (Å²) in [4.78, 5) is 40.2. The highest BCUT2D eigenvalue weighted by atomic mass is 16.2. The monoisotopic (exact) mass is 465 g/mol. The molecule has 1 aromatic rings. The quantitative estimate of drug-likeness (QED) is 0.630. The van der Waals surface area contributed by atoms with Crippen molar-refractivity contribution < 1.29 is 14.4 Å². The first-order valence-corrected chi connectivity index (χ1v) is 12.9. The van der Waals surface area contributed by atoms with Gasteiger partial charge in [0.15, 0.2) is 0 Å². The van der Waals surface area contributed by atoms with Crippen LogP contribution in [-0.4, -0.2) is 35.3 Å². The van der Waals surface area contributed by atoms with Crippen molar-refractivity contribution in [3.63, 3.8) is 0 Å². The van der Waals surface area contributed by atoms with Crippen LogP contribution in [0.25, 0.3) is 0 Å². The van der Waals surface area contributed by atoms with Gasteiger partial charge in [0, 0.05) is 6.04 Å². The van der Waals surface area contributed by atoms with Crippen molar-refractivity contribution in [3.05, 3.63) is 35.4 Å². The second-order valence-electron chi connectivity index (χ2n) is 12.8. The van der Waals surface area contributed by atoms with E-state index in [2.05, 4.69) is 38.3 Å². The molecule has 4 bridgehead atoms. The summed E-state index contributed by atoms with van der Waals surface area (Å²) < 4.78 is 0. The van der Waals surface area contributed by atoms with Crippen molar-refractivity contribution in [2.24, 2.45) is 23.2 Å². The van der Waals surface area contributed by atoms with Crippen LogP contribution in [0.2, 0.25) is 0 Å². The van der Waals surface area contributed by atoms with E-state index >= 15 is 0 Å². The molecule has 4 saturated carbocycles. The average molecular weight is 466 g/mol. The first-order valence-electron chi connectivity index (χ1n) is 12.9. The molecule has 5 fully saturated rings. The molecule has 2 atom stereocenters. The third-order valence-electron chi connectivity index (χ3n) is 9.29. The van der Waals surface area contributed by atoms with Crippen molar-refractivity contribution in [3.8, 4) is 0 Å². The van der Waals surface area contributed by atoms with Crippen molar-refractivity contribution in [1.82, 2.24) is 15.5 Å². The molecule has 1 aromatic carbocycles. The number of nitrogens with zero attached hydrogens (tertiary/aromatic N) is 1. The maximum absolute atomic E-state index is 13.3. The zero-order valence-corrected chi connectivity index (χ0v) is 21.2. The lowest BCUT2D eigenvalue weighted by atomic mass is 9.48. The fourth-order valence-corrected chi connectivity index (χ4v) is 7.63. The molecule has 1 heterocycles. The van der Waals surface area contributed by atoms with Crippen LogP contribution in [0.5, 0.6) is 0 Å². The second-order valence-corrected chi connectivity index (χ2v) is 12.8. The molecule has 6 heteroatoms. The number of carbonyl (C=O) groups is 3. The summed E-state index contributed by atoms with van der Waals surface area (Å²) >= 11 is 0. The van der Waals surface area contributed by atoms with Crippen LogP contribution < -0.4 is 10.6 Å². The number of urea groups is 1. The smallest absolute Gasteiger partial charge is 0.325 e. The maximum Gasteiger partial charge on any atom is 0.325 e. The van der Waals surface area contributed by atoms with Gasteiger partial charge in [-0.25, -0.2) is 4.79 Å². The van der Waals surface area contributed by atoms with E-state index < -0.39 is 11.6 Å². The lowest BCUT2D eigenvalue weighted by molar-refractivity contribution is -0.136. The second kappa shape index (κ2) is 7.82. The van der Waals surface area contributed by atoms with E-state index in [4.69, 9.17) is 0 Å². The largest absolute Gasteiger partial charge is 0.352 e. The summed E-state index contributed by atoms with van der Waals surface area (Å²) in [5, 5.41) is 6.01. The summed E-state index contributed by atoms with van der Waals surface area (Å²) in [6.07, 6.45) is 7.68. The van der Waals surface area contributed by atoms with Gasteiger partial charge in [-0.1, -0.05) is 45.0 Å². The number of hydrogen-bond acceptors (Lipinski definition) is 3. The summed E-state index contributed by atoms with van der Waals surface area (Å²) in [5.74, 6) is 1.79. The van der Waals surface area contributed by atoms with Gasteiger partial charge >= 0.3 is 6.03 Å². The Morgan fingerprint density at radius 1 is 1.06 bits per heavy atom. The van der Waals surface area contributed by atoms with Crippen LogP contribution >= 0.6 is 0 Å². The summed E-state index contributed by atoms with van der Waals surface area (Å²) in [7, 11) is 0. The van der Waals surface area contributed by atoms with Crippen molar-refractivity contribution in [2.45, 2.75) is 90.1 Å². The van der Waals surface area contributed by atoms with Gasteiger partial charge in [0.2, 0.25) is 5.91 Å². The van der Waals surface area contributed by atoms with Gasteiger partial charge in [0.05, 0.1) is 0 Å². The molecule has 1 aliphatic heterocycles. The first kappa shape index (κ1) is 23.4. The third kappa shape index (κ3) is 3.83. The van der Waals surface area contributed by atoms with Crippen LogP contribution in [0, 0.1) is 23.2 Å². The number of nitrogens with one attached hydrogen (secondary N) is 2. The molecule has 2 N–H and O–H groups in total. The Labute approximate surface area is 203 Å². The van der Waals surface area contributed by atoms with E-state index in [0.29, 0.717) is 0 Å². The van der Waals surface area contributed by atoms with E-state index in [0.717, 1.165) is 33.8 Å². The van der Waals surface area contributed by atoms with Gasteiger partial charge in [-0.05, 0) is 92.1 Å². The highest BCUT2D eigenvalue weighted by molar-refractivity contribution is 6.09. The van der Waals surface area contributed by atoms with E-state index in [-0.39, 0.29) is 35.2 Å². The molecule has 4 amide bonds. The van der Waals surface area contributed by atoms with Gasteiger partial charge in [-0.2, -0.15) is 0 Å². The van der Waals surface area contributed by atoms with E-state index in [9.17, 15) is 14.4 Å². The number of benzene rings is 1. The van der Waals surface area contributed by atoms with E-state index in [1.54, 1.807) is 6.92 Å². The highest BCUT2D eigenvalue weighted by Crippen LogP contribution is 2.61. The normalized spacial score (nSPS) is 35.4. The van der Waals surface area contributed by atoms with E-state index in [1.165, 1.54) is 38.5 Å².